The summed E-state index contributed by atoms with van der Waals surface area (Å²) in [4.78, 5) is 23.4. The average Bonchev–Trinajstić information content (AvgIpc) is 2.42. The summed E-state index contributed by atoms with van der Waals surface area (Å²) >= 11 is 6.27. The van der Waals surface area contributed by atoms with Crippen molar-refractivity contribution in [2.75, 3.05) is 0 Å². The molecule has 2 aromatic rings. The second-order valence-corrected chi connectivity index (χ2v) is 5.17. The molecule has 0 fully saturated rings. The van der Waals surface area contributed by atoms with E-state index in [1.807, 2.05) is 24.3 Å². The third-order valence-corrected chi connectivity index (χ3v) is 4.21. The Labute approximate surface area is 110 Å². The number of rotatable bonds is 1. The van der Waals surface area contributed by atoms with Crippen molar-refractivity contribution >= 4 is 33.9 Å². The SMILES string of the molecule is CCC1(Cl)C(=O)c2cccc3cccc(c23)C1=O. The lowest BCUT2D eigenvalue weighted by Gasteiger charge is -2.28. The maximum atomic E-state index is 12.4. The number of hydrogen-bond donors (Lipinski definition) is 0. The van der Waals surface area contributed by atoms with Gasteiger partial charge in [0.1, 0.15) is 0 Å². The highest BCUT2D eigenvalue weighted by Crippen LogP contribution is 2.39. The number of ketones is 2. The van der Waals surface area contributed by atoms with E-state index in [1.165, 1.54) is 0 Å². The maximum absolute atomic E-state index is 12.4. The number of Topliss-reactive ketones (excluding diaryl/α,β-unsaturated/α-hetero) is 2. The summed E-state index contributed by atoms with van der Waals surface area (Å²) in [6.45, 7) is 1.76. The van der Waals surface area contributed by atoms with Gasteiger partial charge in [0.2, 0.25) is 0 Å². The predicted octanol–water partition coefficient (Wildman–Crippen LogP) is 3.61. The third-order valence-electron chi connectivity index (χ3n) is 3.60. The molecule has 0 saturated carbocycles. The van der Waals surface area contributed by atoms with Gasteiger partial charge in [-0.15, -0.1) is 11.6 Å². The van der Waals surface area contributed by atoms with Crippen LogP contribution in [0.15, 0.2) is 36.4 Å². The molecule has 0 bridgehead atoms. The van der Waals surface area contributed by atoms with E-state index in [-0.39, 0.29) is 11.6 Å². The zero-order valence-electron chi connectivity index (χ0n) is 9.87. The smallest absolute Gasteiger partial charge is 0.192 e. The molecule has 3 heteroatoms. The van der Waals surface area contributed by atoms with Crippen LogP contribution in [0.1, 0.15) is 34.1 Å². The summed E-state index contributed by atoms with van der Waals surface area (Å²) in [7, 11) is 0. The predicted molar refractivity (Wildman–Crippen MR) is 71.5 cm³/mol. The molecule has 3 rings (SSSR count). The van der Waals surface area contributed by atoms with Crippen molar-refractivity contribution in [3.8, 4) is 0 Å². The van der Waals surface area contributed by atoms with Gasteiger partial charge in [0.15, 0.2) is 16.4 Å². The van der Waals surface area contributed by atoms with Crippen LogP contribution in [0.2, 0.25) is 0 Å². The molecule has 0 N–H and O–H groups in total. The largest absolute Gasteiger partial charge is 0.292 e. The Morgan fingerprint density at radius 1 is 1.00 bits per heavy atom. The first-order valence-electron chi connectivity index (χ1n) is 5.90. The molecule has 90 valence electrons. The minimum atomic E-state index is -1.43. The molecule has 18 heavy (non-hydrogen) atoms. The highest BCUT2D eigenvalue weighted by atomic mass is 35.5. The molecule has 1 aliphatic carbocycles. The van der Waals surface area contributed by atoms with Gasteiger partial charge >= 0.3 is 0 Å². The molecule has 1 aliphatic rings. The second kappa shape index (κ2) is 3.66. The van der Waals surface area contributed by atoms with Crippen LogP contribution in [0.5, 0.6) is 0 Å². The first kappa shape index (κ1) is 11.4. The van der Waals surface area contributed by atoms with E-state index in [0.29, 0.717) is 17.5 Å². The summed E-state index contributed by atoms with van der Waals surface area (Å²) in [6.07, 6.45) is 0.303. The van der Waals surface area contributed by atoms with Crippen LogP contribution in [0.3, 0.4) is 0 Å². The molecule has 0 radical (unpaired) electrons. The van der Waals surface area contributed by atoms with E-state index >= 15 is 0 Å². The van der Waals surface area contributed by atoms with E-state index in [9.17, 15) is 9.59 Å². The first-order valence-corrected chi connectivity index (χ1v) is 6.27. The van der Waals surface area contributed by atoms with Crippen molar-refractivity contribution in [2.45, 2.75) is 18.2 Å². The summed E-state index contributed by atoms with van der Waals surface area (Å²) in [6, 6.07) is 10.9. The lowest BCUT2D eigenvalue weighted by Crippen LogP contribution is -2.43. The number of benzene rings is 2. The molecular formula is C15H11ClO2. The Hall–Kier alpha value is -1.67. The second-order valence-electron chi connectivity index (χ2n) is 4.52. The Morgan fingerprint density at radius 2 is 1.50 bits per heavy atom. The van der Waals surface area contributed by atoms with Gasteiger partial charge in [0.05, 0.1) is 0 Å². The van der Waals surface area contributed by atoms with Crippen LogP contribution in [-0.4, -0.2) is 16.4 Å². The molecule has 2 aromatic carbocycles. The topological polar surface area (TPSA) is 34.1 Å². The van der Waals surface area contributed by atoms with Gasteiger partial charge in [-0.3, -0.25) is 9.59 Å². The Bertz CT molecular complexity index is 637. The van der Waals surface area contributed by atoms with Crippen LogP contribution in [-0.2, 0) is 0 Å². The van der Waals surface area contributed by atoms with Gasteiger partial charge in [-0.1, -0.05) is 43.3 Å². The fourth-order valence-electron chi connectivity index (χ4n) is 2.57. The quantitative estimate of drug-likeness (QED) is 0.578. The highest BCUT2D eigenvalue weighted by molar-refractivity contribution is 6.54. The van der Waals surface area contributed by atoms with Gasteiger partial charge in [0.25, 0.3) is 0 Å². The van der Waals surface area contributed by atoms with Crippen molar-refractivity contribution in [1.82, 2.24) is 0 Å². The highest BCUT2D eigenvalue weighted by Gasteiger charge is 2.47. The number of hydrogen-bond acceptors (Lipinski definition) is 2. The fraction of sp³-hybridized carbons (Fsp3) is 0.200. The number of halogens is 1. The minimum absolute atomic E-state index is 0.277. The van der Waals surface area contributed by atoms with E-state index in [1.54, 1.807) is 19.1 Å². The molecule has 0 aliphatic heterocycles. The summed E-state index contributed by atoms with van der Waals surface area (Å²) in [5.41, 5.74) is 1.11. The molecule has 2 nitrogen and oxygen atoms in total. The molecular weight excluding hydrogens is 248 g/mol. The lowest BCUT2D eigenvalue weighted by atomic mass is 9.78. The number of carbonyl (C=O) groups excluding carboxylic acids is 2. The van der Waals surface area contributed by atoms with Crippen LogP contribution in [0, 0.1) is 0 Å². The van der Waals surface area contributed by atoms with Gasteiger partial charge < -0.3 is 0 Å². The van der Waals surface area contributed by atoms with Crippen LogP contribution in [0.4, 0.5) is 0 Å². The molecule has 0 atom stereocenters. The number of carbonyl (C=O) groups is 2. The fourth-order valence-corrected chi connectivity index (χ4v) is 2.77. The standard InChI is InChI=1S/C15H11ClO2/c1-2-15(16)13(17)10-7-3-5-9-6-4-8-11(12(9)10)14(15)18/h3-8H,2H2,1H3. The molecule has 0 amide bonds. The molecule has 0 unspecified atom stereocenters. The summed E-state index contributed by atoms with van der Waals surface area (Å²) < 4.78 is 0. The van der Waals surface area contributed by atoms with Gasteiger partial charge in [-0.2, -0.15) is 0 Å². The number of alkyl halides is 1. The Balaban J connectivity index is 2.47. The van der Waals surface area contributed by atoms with Crippen LogP contribution < -0.4 is 0 Å². The normalized spacial score (nSPS) is 17.2. The van der Waals surface area contributed by atoms with Gasteiger partial charge in [0, 0.05) is 16.5 Å². The van der Waals surface area contributed by atoms with Gasteiger partial charge in [-0.25, -0.2) is 0 Å². The summed E-state index contributed by atoms with van der Waals surface area (Å²) in [5.74, 6) is -0.554. The molecule has 0 spiro atoms. The van der Waals surface area contributed by atoms with Crippen molar-refractivity contribution in [3.05, 3.63) is 47.5 Å². The zero-order valence-corrected chi connectivity index (χ0v) is 10.6. The molecule has 0 saturated heterocycles. The van der Waals surface area contributed by atoms with Crippen LogP contribution in [0.25, 0.3) is 10.8 Å². The summed E-state index contributed by atoms with van der Waals surface area (Å²) in [5, 5.41) is 1.64. The van der Waals surface area contributed by atoms with Crippen molar-refractivity contribution < 1.29 is 9.59 Å². The molecule has 0 aromatic heterocycles. The van der Waals surface area contributed by atoms with Crippen molar-refractivity contribution in [2.24, 2.45) is 0 Å². The van der Waals surface area contributed by atoms with E-state index in [2.05, 4.69) is 0 Å². The van der Waals surface area contributed by atoms with E-state index in [0.717, 1.165) is 10.8 Å². The third kappa shape index (κ3) is 1.24. The van der Waals surface area contributed by atoms with E-state index < -0.39 is 4.87 Å². The Kier molecular flexibility index (Phi) is 2.32. The first-order chi connectivity index (χ1) is 8.59. The van der Waals surface area contributed by atoms with Crippen molar-refractivity contribution in [1.29, 1.82) is 0 Å². The Morgan fingerprint density at radius 3 is 1.94 bits per heavy atom. The average molecular weight is 259 g/mol. The monoisotopic (exact) mass is 258 g/mol. The maximum Gasteiger partial charge on any atom is 0.192 e. The zero-order chi connectivity index (χ0) is 12.9. The van der Waals surface area contributed by atoms with Crippen LogP contribution >= 0.6 is 11.6 Å². The van der Waals surface area contributed by atoms with E-state index in [4.69, 9.17) is 11.6 Å². The lowest BCUT2D eigenvalue weighted by molar-refractivity contribution is 0.0824. The van der Waals surface area contributed by atoms with Gasteiger partial charge in [-0.05, 0) is 11.8 Å². The molecule has 0 heterocycles. The minimum Gasteiger partial charge on any atom is -0.292 e. The van der Waals surface area contributed by atoms with Crippen molar-refractivity contribution in [3.63, 3.8) is 0 Å².